The minimum absolute atomic E-state index is 0.118. The SMILES string of the molecule is CC(C)[C@H](N)C(=O)Nc1cccc(OC2CCCC2)c1. The molecule has 20 heavy (non-hydrogen) atoms. The molecule has 1 saturated carbocycles. The molecule has 0 unspecified atom stereocenters. The summed E-state index contributed by atoms with van der Waals surface area (Å²) < 4.78 is 5.92. The van der Waals surface area contributed by atoms with Crippen LogP contribution in [0.25, 0.3) is 0 Å². The van der Waals surface area contributed by atoms with E-state index in [1.165, 1.54) is 12.8 Å². The molecule has 110 valence electrons. The van der Waals surface area contributed by atoms with Gasteiger partial charge in [0.1, 0.15) is 5.75 Å². The molecule has 2 rings (SSSR count). The van der Waals surface area contributed by atoms with Gasteiger partial charge in [0.05, 0.1) is 12.1 Å². The Morgan fingerprint density at radius 2 is 2.05 bits per heavy atom. The molecule has 4 nitrogen and oxygen atoms in total. The first-order valence-electron chi connectivity index (χ1n) is 7.39. The van der Waals surface area contributed by atoms with Gasteiger partial charge in [-0.15, -0.1) is 0 Å². The number of carbonyl (C=O) groups excluding carboxylic acids is 1. The largest absolute Gasteiger partial charge is 0.490 e. The fourth-order valence-electron chi connectivity index (χ4n) is 2.37. The number of benzene rings is 1. The van der Waals surface area contributed by atoms with Crippen molar-refractivity contribution in [1.29, 1.82) is 0 Å². The van der Waals surface area contributed by atoms with Gasteiger partial charge in [0.15, 0.2) is 0 Å². The van der Waals surface area contributed by atoms with Crippen molar-refractivity contribution in [2.24, 2.45) is 11.7 Å². The van der Waals surface area contributed by atoms with Crippen LogP contribution in [0.1, 0.15) is 39.5 Å². The molecule has 1 aliphatic rings. The molecule has 1 aromatic rings. The highest BCUT2D eigenvalue weighted by atomic mass is 16.5. The molecule has 0 bridgehead atoms. The molecule has 0 heterocycles. The van der Waals surface area contributed by atoms with Crippen LogP contribution >= 0.6 is 0 Å². The summed E-state index contributed by atoms with van der Waals surface area (Å²) in [6.07, 6.45) is 5.04. The maximum atomic E-state index is 11.9. The molecule has 0 saturated heterocycles. The smallest absolute Gasteiger partial charge is 0.241 e. The van der Waals surface area contributed by atoms with E-state index in [9.17, 15) is 4.79 Å². The summed E-state index contributed by atoms with van der Waals surface area (Å²) >= 11 is 0. The fraction of sp³-hybridized carbons (Fsp3) is 0.562. The average Bonchev–Trinajstić information content (AvgIpc) is 2.91. The van der Waals surface area contributed by atoms with Gasteiger partial charge in [-0.05, 0) is 43.7 Å². The predicted octanol–water partition coefficient (Wildman–Crippen LogP) is 2.93. The maximum Gasteiger partial charge on any atom is 0.241 e. The van der Waals surface area contributed by atoms with E-state index in [0.29, 0.717) is 6.10 Å². The van der Waals surface area contributed by atoms with Gasteiger partial charge in [-0.3, -0.25) is 4.79 Å². The number of amides is 1. The molecular formula is C16H24N2O2. The Bertz CT molecular complexity index is 454. The molecule has 4 heteroatoms. The summed E-state index contributed by atoms with van der Waals surface area (Å²) in [4.78, 5) is 11.9. The molecule has 0 spiro atoms. The number of rotatable bonds is 5. The average molecular weight is 276 g/mol. The zero-order chi connectivity index (χ0) is 14.5. The first-order chi connectivity index (χ1) is 9.56. The van der Waals surface area contributed by atoms with Crippen LogP contribution in [-0.4, -0.2) is 18.1 Å². The molecule has 0 aromatic heterocycles. The van der Waals surface area contributed by atoms with Crippen LogP contribution in [0.3, 0.4) is 0 Å². The van der Waals surface area contributed by atoms with Gasteiger partial charge in [0.25, 0.3) is 0 Å². The zero-order valence-electron chi connectivity index (χ0n) is 12.3. The summed E-state index contributed by atoms with van der Waals surface area (Å²) in [6.45, 7) is 3.87. The van der Waals surface area contributed by atoms with Crippen LogP contribution in [0.15, 0.2) is 24.3 Å². The third kappa shape index (κ3) is 3.97. The number of ether oxygens (including phenoxy) is 1. The molecule has 1 fully saturated rings. The van der Waals surface area contributed by atoms with Crippen molar-refractivity contribution in [3.8, 4) is 5.75 Å². The van der Waals surface area contributed by atoms with E-state index in [-0.39, 0.29) is 11.8 Å². The van der Waals surface area contributed by atoms with Crippen molar-refractivity contribution < 1.29 is 9.53 Å². The normalized spacial score (nSPS) is 17.2. The molecule has 0 aliphatic heterocycles. The van der Waals surface area contributed by atoms with E-state index < -0.39 is 6.04 Å². The Morgan fingerprint density at radius 3 is 2.70 bits per heavy atom. The number of nitrogens with two attached hydrogens (primary N) is 1. The number of carbonyl (C=O) groups is 1. The predicted molar refractivity (Wildman–Crippen MR) is 80.8 cm³/mol. The van der Waals surface area contributed by atoms with Crippen LogP contribution in [0.2, 0.25) is 0 Å². The highest BCUT2D eigenvalue weighted by Crippen LogP contribution is 2.25. The fourth-order valence-corrected chi connectivity index (χ4v) is 2.37. The molecular weight excluding hydrogens is 252 g/mol. The molecule has 1 aliphatic carbocycles. The Morgan fingerprint density at radius 1 is 1.35 bits per heavy atom. The van der Waals surface area contributed by atoms with E-state index in [4.69, 9.17) is 10.5 Å². The lowest BCUT2D eigenvalue weighted by atomic mass is 10.0. The molecule has 3 N–H and O–H groups in total. The van der Waals surface area contributed by atoms with E-state index in [0.717, 1.165) is 24.3 Å². The molecule has 1 amide bonds. The van der Waals surface area contributed by atoms with Gasteiger partial charge >= 0.3 is 0 Å². The van der Waals surface area contributed by atoms with Crippen LogP contribution < -0.4 is 15.8 Å². The molecule has 1 atom stereocenters. The highest BCUT2D eigenvalue weighted by Gasteiger charge is 2.18. The zero-order valence-corrected chi connectivity index (χ0v) is 12.3. The third-order valence-corrected chi connectivity index (χ3v) is 3.73. The lowest BCUT2D eigenvalue weighted by molar-refractivity contribution is -0.118. The van der Waals surface area contributed by atoms with Crippen LogP contribution in [0, 0.1) is 5.92 Å². The summed E-state index contributed by atoms with van der Waals surface area (Å²) in [7, 11) is 0. The number of hydrogen-bond donors (Lipinski definition) is 2. The van der Waals surface area contributed by atoms with Crippen molar-refractivity contribution in [2.45, 2.75) is 51.7 Å². The quantitative estimate of drug-likeness (QED) is 0.869. The van der Waals surface area contributed by atoms with Gasteiger partial charge in [-0.1, -0.05) is 19.9 Å². The van der Waals surface area contributed by atoms with Crippen molar-refractivity contribution in [1.82, 2.24) is 0 Å². The van der Waals surface area contributed by atoms with E-state index in [1.807, 2.05) is 38.1 Å². The van der Waals surface area contributed by atoms with E-state index in [1.54, 1.807) is 0 Å². The standard InChI is InChI=1S/C16H24N2O2/c1-11(2)15(17)16(19)18-12-6-5-9-14(10-12)20-13-7-3-4-8-13/h5-6,9-11,13,15H,3-4,7-8,17H2,1-2H3,(H,18,19)/t15-/m0/s1. The second-order valence-electron chi connectivity index (χ2n) is 5.81. The lowest BCUT2D eigenvalue weighted by Gasteiger charge is -2.17. The van der Waals surface area contributed by atoms with E-state index >= 15 is 0 Å². The van der Waals surface area contributed by atoms with Gasteiger partial charge in [0.2, 0.25) is 5.91 Å². The minimum Gasteiger partial charge on any atom is -0.490 e. The Balaban J connectivity index is 1.96. The van der Waals surface area contributed by atoms with E-state index in [2.05, 4.69) is 5.32 Å². The van der Waals surface area contributed by atoms with Gasteiger partial charge < -0.3 is 15.8 Å². The summed E-state index contributed by atoms with van der Waals surface area (Å²) in [5, 5.41) is 2.84. The second-order valence-corrected chi connectivity index (χ2v) is 5.81. The Kier molecular flexibility index (Phi) is 5.01. The first-order valence-corrected chi connectivity index (χ1v) is 7.39. The maximum absolute atomic E-state index is 11.9. The number of hydrogen-bond acceptors (Lipinski definition) is 3. The van der Waals surface area contributed by atoms with Crippen LogP contribution in [0.5, 0.6) is 5.75 Å². The van der Waals surface area contributed by atoms with Gasteiger partial charge in [0, 0.05) is 11.8 Å². The molecule has 1 aromatic carbocycles. The van der Waals surface area contributed by atoms with Crippen molar-refractivity contribution >= 4 is 11.6 Å². The summed E-state index contributed by atoms with van der Waals surface area (Å²) in [6, 6.07) is 7.04. The summed E-state index contributed by atoms with van der Waals surface area (Å²) in [5.41, 5.74) is 6.57. The summed E-state index contributed by atoms with van der Waals surface area (Å²) in [5.74, 6) is 0.777. The van der Waals surface area contributed by atoms with Crippen LogP contribution in [0.4, 0.5) is 5.69 Å². The van der Waals surface area contributed by atoms with Crippen LogP contribution in [-0.2, 0) is 4.79 Å². The lowest BCUT2D eigenvalue weighted by Crippen LogP contribution is -2.39. The Labute approximate surface area is 120 Å². The first kappa shape index (κ1) is 14.9. The number of nitrogens with one attached hydrogen (secondary N) is 1. The van der Waals surface area contributed by atoms with Crippen molar-refractivity contribution in [3.63, 3.8) is 0 Å². The Hall–Kier alpha value is -1.55. The minimum atomic E-state index is -0.491. The van der Waals surface area contributed by atoms with Gasteiger partial charge in [-0.25, -0.2) is 0 Å². The van der Waals surface area contributed by atoms with Crippen molar-refractivity contribution in [2.75, 3.05) is 5.32 Å². The topological polar surface area (TPSA) is 64.4 Å². The van der Waals surface area contributed by atoms with Crippen molar-refractivity contribution in [3.05, 3.63) is 24.3 Å². The number of anilines is 1. The molecule has 0 radical (unpaired) electrons. The third-order valence-electron chi connectivity index (χ3n) is 3.73. The second kappa shape index (κ2) is 6.75. The highest BCUT2D eigenvalue weighted by molar-refractivity contribution is 5.94. The monoisotopic (exact) mass is 276 g/mol. The van der Waals surface area contributed by atoms with Gasteiger partial charge in [-0.2, -0.15) is 0 Å².